The molecule has 4 heteroatoms. The van der Waals surface area contributed by atoms with Gasteiger partial charge in [-0.1, -0.05) is 0 Å². The zero-order valence-corrected chi connectivity index (χ0v) is 7.49. The Morgan fingerprint density at radius 3 is 2.69 bits per heavy atom. The van der Waals surface area contributed by atoms with Crippen molar-refractivity contribution in [2.45, 2.75) is 20.0 Å². The summed E-state index contributed by atoms with van der Waals surface area (Å²) in [6.45, 7) is 3.60. The van der Waals surface area contributed by atoms with Crippen molar-refractivity contribution in [1.82, 2.24) is 0 Å². The Morgan fingerprint density at radius 2 is 2.23 bits per heavy atom. The van der Waals surface area contributed by atoms with Crippen molar-refractivity contribution in [3.8, 4) is 0 Å². The molecule has 13 heavy (non-hydrogen) atoms. The van der Waals surface area contributed by atoms with E-state index < -0.39 is 18.0 Å². The molecule has 0 aromatic heterocycles. The molecule has 0 aromatic rings. The summed E-state index contributed by atoms with van der Waals surface area (Å²) in [6.07, 6.45) is 1.04. The van der Waals surface area contributed by atoms with Gasteiger partial charge in [0.2, 0.25) is 0 Å². The van der Waals surface area contributed by atoms with Gasteiger partial charge in [-0.25, -0.2) is 9.59 Å². The van der Waals surface area contributed by atoms with E-state index in [-0.39, 0.29) is 5.57 Å². The fraction of sp³-hybridized carbons (Fsp3) is 0.444. The van der Waals surface area contributed by atoms with Crippen LogP contribution in [0.4, 0.5) is 0 Å². The topological polar surface area (TPSA) is 55.9 Å². The summed E-state index contributed by atoms with van der Waals surface area (Å²) in [7, 11) is 0. The molecule has 0 bridgehead atoms. The van der Waals surface area contributed by atoms with Crippen molar-refractivity contribution in [2.75, 3.05) is 6.61 Å². The van der Waals surface area contributed by atoms with E-state index in [0.717, 1.165) is 0 Å². The molecule has 70 valence electrons. The monoisotopic (exact) mass is 182 g/mol. The van der Waals surface area contributed by atoms with E-state index in [4.69, 9.17) is 0 Å². The largest absolute Gasteiger partial charge is 0.387 e. The SMILES string of the molecule is CC=C=C(C)C(=O)OC(=O)C1CO1. The Hall–Kier alpha value is -1.38. The molecule has 0 N–H and O–H groups in total. The summed E-state index contributed by atoms with van der Waals surface area (Å²) in [4.78, 5) is 22.0. The normalized spacial score (nSPS) is 18.5. The minimum atomic E-state index is -0.668. The van der Waals surface area contributed by atoms with Crippen LogP contribution in [0.3, 0.4) is 0 Å². The Bertz CT molecular complexity index is 293. The molecule has 0 aliphatic carbocycles. The first-order valence-corrected chi connectivity index (χ1v) is 3.90. The van der Waals surface area contributed by atoms with Gasteiger partial charge in [0.05, 0.1) is 12.2 Å². The van der Waals surface area contributed by atoms with Gasteiger partial charge in [0.15, 0.2) is 6.10 Å². The van der Waals surface area contributed by atoms with Crippen molar-refractivity contribution in [2.24, 2.45) is 0 Å². The van der Waals surface area contributed by atoms with E-state index in [1.54, 1.807) is 13.0 Å². The highest BCUT2D eigenvalue weighted by molar-refractivity contribution is 5.97. The number of esters is 2. The van der Waals surface area contributed by atoms with Gasteiger partial charge in [0.1, 0.15) is 0 Å². The predicted molar refractivity (Wildman–Crippen MR) is 43.8 cm³/mol. The minimum Gasteiger partial charge on any atom is -0.387 e. The number of ether oxygens (including phenoxy) is 2. The fourth-order valence-corrected chi connectivity index (χ4v) is 0.693. The maximum Gasteiger partial charge on any atom is 0.349 e. The highest BCUT2D eigenvalue weighted by Crippen LogP contribution is 2.11. The Balaban J connectivity index is 2.49. The van der Waals surface area contributed by atoms with E-state index in [1.807, 2.05) is 0 Å². The summed E-state index contributed by atoms with van der Waals surface area (Å²) >= 11 is 0. The number of hydrogen-bond acceptors (Lipinski definition) is 4. The van der Waals surface area contributed by atoms with Crippen LogP contribution in [0.15, 0.2) is 17.4 Å². The lowest BCUT2D eigenvalue weighted by Gasteiger charge is -1.97. The molecule has 1 aliphatic heterocycles. The molecule has 0 radical (unpaired) electrons. The molecule has 1 unspecified atom stereocenters. The molecule has 1 fully saturated rings. The maximum absolute atomic E-state index is 11.1. The summed E-state index contributed by atoms with van der Waals surface area (Å²) in [5.41, 5.74) is 2.91. The van der Waals surface area contributed by atoms with Gasteiger partial charge in [-0.3, -0.25) is 0 Å². The van der Waals surface area contributed by atoms with Gasteiger partial charge >= 0.3 is 11.9 Å². The van der Waals surface area contributed by atoms with Gasteiger partial charge in [0, 0.05) is 0 Å². The van der Waals surface area contributed by atoms with Crippen LogP contribution in [0.2, 0.25) is 0 Å². The standard InChI is InChI=1S/C9H10O4/c1-3-4-6(2)8(10)13-9(11)7-5-12-7/h3,7H,5H2,1-2H3. The number of epoxide rings is 1. The first kappa shape index (κ1) is 9.71. The molecular formula is C9H10O4. The number of carbonyl (C=O) groups excluding carboxylic acids is 2. The van der Waals surface area contributed by atoms with Crippen molar-refractivity contribution in [3.63, 3.8) is 0 Å². The van der Waals surface area contributed by atoms with Crippen LogP contribution in [0.5, 0.6) is 0 Å². The second-order valence-corrected chi connectivity index (χ2v) is 2.59. The second kappa shape index (κ2) is 4.03. The summed E-state index contributed by atoms with van der Waals surface area (Å²) in [5.74, 6) is -1.29. The van der Waals surface area contributed by atoms with Gasteiger partial charge in [-0.2, -0.15) is 0 Å². The smallest absolute Gasteiger partial charge is 0.349 e. The molecule has 1 atom stereocenters. The first-order chi connectivity index (χ1) is 6.15. The average Bonchev–Trinajstić information content (AvgIpc) is 2.86. The molecule has 1 aliphatic rings. The molecule has 1 heterocycles. The highest BCUT2D eigenvalue weighted by Gasteiger charge is 2.34. The number of carbonyl (C=O) groups is 2. The van der Waals surface area contributed by atoms with Crippen molar-refractivity contribution in [3.05, 3.63) is 17.4 Å². The van der Waals surface area contributed by atoms with Crippen LogP contribution in [-0.4, -0.2) is 24.6 Å². The molecular weight excluding hydrogens is 172 g/mol. The Kier molecular flexibility index (Phi) is 3.01. The van der Waals surface area contributed by atoms with E-state index in [2.05, 4.69) is 15.2 Å². The maximum atomic E-state index is 11.1. The first-order valence-electron chi connectivity index (χ1n) is 3.90. The van der Waals surface area contributed by atoms with E-state index in [9.17, 15) is 9.59 Å². The molecule has 0 spiro atoms. The van der Waals surface area contributed by atoms with Crippen LogP contribution in [0.1, 0.15) is 13.8 Å². The summed E-state index contributed by atoms with van der Waals surface area (Å²) < 4.78 is 9.11. The Morgan fingerprint density at radius 1 is 1.62 bits per heavy atom. The van der Waals surface area contributed by atoms with Crippen LogP contribution < -0.4 is 0 Å². The zero-order chi connectivity index (χ0) is 9.84. The summed E-state index contributed by atoms with van der Waals surface area (Å²) in [5, 5.41) is 0. The number of hydrogen-bond donors (Lipinski definition) is 0. The quantitative estimate of drug-likeness (QED) is 0.206. The van der Waals surface area contributed by atoms with Crippen molar-refractivity contribution < 1.29 is 19.1 Å². The summed E-state index contributed by atoms with van der Waals surface area (Å²) in [6, 6.07) is 0. The molecule has 1 saturated heterocycles. The minimum absolute atomic E-state index is 0.275. The van der Waals surface area contributed by atoms with Crippen molar-refractivity contribution >= 4 is 11.9 Å². The van der Waals surface area contributed by atoms with Crippen LogP contribution >= 0.6 is 0 Å². The van der Waals surface area contributed by atoms with Crippen molar-refractivity contribution in [1.29, 1.82) is 0 Å². The molecule has 4 nitrogen and oxygen atoms in total. The molecule has 0 saturated carbocycles. The third kappa shape index (κ3) is 2.86. The Labute approximate surface area is 75.8 Å². The lowest BCUT2D eigenvalue weighted by Crippen LogP contribution is -2.17. The molecule has 1 rings (SSSR count). The second-order valence-electron chi connectivity index (χ2n) is 2.59. The molecule has 0 amide bonds. The average molecular weight is 182 g/mol. The van der Waals surface area contributed by atoms with Crippen LogP contribution in [0, 0.1) is 0 Å². The molecule has 0 aromatic carbocycles. The van der Waals surface area contributed by atoms with E-state index in [1.165, 1.54) is 6.92 Å². The lowest BCUT2D eigenvalue weighted by atomic mass is 10.3. The third-order valence-electron chi connectivity index (χ3n) is 1.46. The van der Waals surface area contributed by atoms with Gasteiger partial charge in [-0.15, -0.1) is 5.73 Å². The fourth-order valence-electron chi connectivity index (χ4n) is 0.693. The van der Waals surface area contributed by atoms with Crippen LogP contribution in [0.25, 0.3) is 0 Å². The third-order valence-corrected chi connectivity index (χ3v) is 1.46. The number of rotatable bonds is 2. The highest BCUT2D eigenvalue weighted by atomic mass is 16.6. The van der Waals surface area contributed by atoms with Gasteiger partial charge in [-0.05, 0) is 19.9 Å². The van der Waals surface area contributed by atoms with E-state index >= 15 is 0 Å². The van der Waals surface area contributed by atoms with Gasteiger partial charge < -0.3 is 9.47 Å². The lowest BCUT2D eigenvalue weighted by molar-refractivity contribution is -0.157. The van der Waals surface area contributed by atoms with Gasteiger partial charge in [0.25, 0.3) is 0 Å². The van der Waals surface area contributed by atoms with Crippen LogP contribution in [-0.2, 0) is 19.1 Å². The zero-order valence-electron chi connectivity index (χ0n) is 7.49. The predicted octanol–water partition coefficient (Wildman–Crippen LogP) is 0.576. The van der Waals surface area contributed by atoms with E-state index in [0.29, 0.717) is 6.61 Å².